The van der Waals surface area contributed by atoms with Gasteiger partial charge in [0, 0.05) is 27.3 Å². The first-order valence-corrected chi connectivity index (χ1v) is 4.87. The summed E-state index contributed by atoms with van der Waals surface area (Å²) >= 11 is 4.98. The number of thiocarbonyl (C=S) groups is 1. The summed E-state index contributed by atoms with van der Waals surface area (Å²) in [6.45, 7) is 6.05. The fourth-order valence-corrected chi connectivity index (χ4v) is 0.947. The largest absolute Gasteiger partial charge is 0.385 e. The molecule has 0 rings (SSSR count). The van der Waals surface area contributed by atoms with Crippen molar-refractivity contribution in [3.8, 4) is 0 Å². The van der Waals surface area contributed by atoms with Crippen molar-refractivity contribution in [2.45, 2.75) is 20.3 Å². The summed E-state index contributed by atoms with van der Waals surface area (Å²) in [6.07, 6.45) is 1.03. The third-order valence-electron chi connectivity index (χ3n) is 1.94. The SMILES string of the molecule is CNC(=S)NCC(C)(C)CCOC. The first-order chi connectivity index (χ1) is 6.02. The van der Waals surface area contributed by atoms with Crippen molar-refractivity contribution >= 4 is 17.3 Å². The molecule has 0 unspecified atom stereocenters. The second-order valence-corrected chi connectivity index (χ2v) is 4.25. The van der Waals surface area contributed by atoms with E-state index in [1.165, 1.54) is 0 Å². The molecule has 3 nitrogen and oxygen atoms in total. The molecule has 0 radical (unpaired) electrons. The fourth-order valence-electron chi connectivity index (χ4n) is 0.875. The highest BCUT2D eigenvalue weighted by molar-refractivity contribution is 7.80. The van der Waals surface area contributed by atoms with Crippen LogP contribution in [0.2, 0.25) is 0 Å². The molecule has 78 valence electrons. The number of ether oxygens (including phenoxy) is 1. The Morgan fingerprint density at radius 3 is 2.54 bits per heavy atom. The lowest BCUT2D eigenvalue weighted by molar-refractivity contribution is 0.153. The number of rotatable bonds is 5. The molecule has 2 N–H and O–H groups in total. The normalized spacial score (nSPS) is 11.1. The standard InChI is InChI=1S/C9H20N2OS/c1-9(2,5-6-12-4)7-11-8(13)10-3/h5-7H2,1-4H3,(H2,10,11,13). The summed E-state index contributed by atoms with van der Waals surface area (Å²) < 4.78 is 5.03. The van der Waals surface area contributed by atoms with Crippen LogP contribution >= 0.6 is 12.2 Å². The van der Waals surface area contributed by atoms with Crippen LogP contribution in [0.4, 0.5) is 0 Å². The highest BCUT2D eigenvalue weighted by Gasteiger charge is 2.17. The van der Waals surface area contributed by atoms with Crippen LogP contribution in [0.3, 0.4) is 0 Å². The van der Waals surface area contributed by atoms with Gasteiger partial charge < -0.3 is 15.4 Å². The van der Waals surface area contributed by atoms with Crippen LogP contribution in [0.25, 0.3) is 0 Å². The van der Waals surface area contributed by atoms with Crippen LogP contribution < -0.4 is 10.6 Å². The monoisotopic (exact) mass is 204 g/mol. The van der Waals surface area contributed by atoms with E-state index in [0.717, 1.165) is 19.6 Å². The molecule has 0 aromatic carbocycles. The van der Waals surface area contributed by atoms with Gasteiger partial charge in [0.05, 0.1) is 0 Å². The Bertz CT molecular complexity index is 160. The Morgan fingerprint density at radius 2 is 2.08 bits per heavy atom. The second kappa shape index (κ2) is 6.16. The van der Waals surface area contributed by atoms with E-state index >= 15 is 0 Å². The number of hydrogen-bond donors (Lipinski definition) is 2. The van der Waals surface area contributed by atoms with Gasteiger partial charge in [0.1, 0.15) is 0 Å². The third-order valence-corrected chi connectivity index (χ3v) is 2.29. The zero-order valence-corrected chi connectivity index (χ0v) is 9.75. The summed E-state index contributed by atoms with van der Waals surface area (Å²) in [5, 5.41) is 6.73. The van der Waals surface area contributed by atoms with E-state index in [4.69, 9.17) is 17.0 Å². The molecule has 0 aromatic rings. The minimum Gasteiger partial charge on any atom is -0.385 e. The molecule has 0 bridgehead atoms. The predicted molar refractivity (Wildman–Crippen MR) is 59.9 cm³/mol. The van der Waals surface area contributed by atoms with Crippen LogP contribution in [-0.4, -0.2) is 32.4 Å². The molecule has 0 saturated carbocycles. The average Bonchev–Trinajstić information content (AvgIpc) is 2.11. The van der Waals surface area contributed by atoms with Crippen LogP contribution in [0.15, 0.2) is 0 Å². The highest BCUT2D eigenvalue weighted by atomic mass is 32.1. The van der Waals surface area contributed by atoms with Crippen LogP contribution in [0.5, 0.6) is 0 Å². The van der Waals surface area contributed by atoms with Crippen LogP contribution in [0, 0.1) is 5.41 Å². The molecule has 0 aromatic heterocycles. The molecular formula is C9H20N2OS. The molecule has 0 aliphatic rings. The Labute approximate surface area is 86.2 Å². The van der Waals surface area contributed by atoms with Crippen molar-refractivity contribution in [2.24, 2.45) is 5.41 Å². The molecule has 0 spiro atoms. The van der Waals surface area contributed by atoms with Crippen molar-refractivity contribution in [2.75, 3.05) is 27.3 Å². The van der Waals surface area contributed by atoms with E-state index in [2.05, 4.69) is 24.5 Å². The Morgan fingerprint density at radius 1 is 1.46 bits per heavy atom. The first-order valence-electron chi connectivity index (χ1n) is 4.46. The summed E-state index contributed by atoms with van der Waals surface area (Å²) in [6, 6.07) is 0. The van der Waals surface area contributed by atoms with Crippen LogP contribution in [0.1, 0.15) is 20.3 Å². The molecule has 4 heteroatoms. The van der Waals surface area contributed by atoms with Gasteiger partial charge in [-0.3, -0.25) is 0 Å². The van der Waals surface area contributed by atoms with Crippen molar-refractivity contribution < 1.29 is 4.74 Å². The van der Waals surface area contributed by atoms with Gasteiger partial charge in [-0.2, -0.15) is 0 Å². The maximum absolute atomic E-state index is 5.03. The quantitative estimate of drug-likeness (QED) is 0.658. The Kier molecular flexibility index (Phi) is 5.99. The third kappa shape index (κ3) is 6.78. The summed E-state index contributed by atoms with van der Waals surface area (Å²) in [7, 11) is 3.54. The van der Waals surface area contributed by atoms with Gasteiger partial charge in [0.15, 0.2) is 5.11 Å². The minimum atomic E-state index is 0.219. The van der Waals surface area contributed by atoms with Crippen molar-refractivity contribution in [3.05, 3.63) is 0 Å². The maximum Gasteiger partial charge on any atom is 0.166 e. The van der Waals surface area contributed by atoms with E-state index in [-0.39, 0.29) is 5.41 Å². The maximum atomic E-state index is 5.03. The van der Waals surface area contributed by atoms with Gasteiger partial charge in [0.2, 0.25) is 0 Å². The van der Waals surface area contributed by atoms with Gasteiger partial charge in [-0.1, -0.05) is 13.8 Å². The Balaban J connectivity index is 3.67. The molecule has 0 saturated heterocycles. The van der Waals surface area contributed by atoms with E-state index in [0.29, 0.717) is 5.11 Å². The Hall–Kier alpha value is -0.350. The summed E-state index contributed by atoms with van der Waals surface area (Å²) in [4.78, 5) is 0. The van der Waals surface area contributed by atoms with Gasteiger partial charge in [-0.05, 0) is 24.1 Å². The zero-order valence-electron chi connectivity index (χ0n) is 8.94. The lowest BCUT2D eigenvalue weighted by Crippen LogP contribution is -2.39. The van der Waals surface area contributed by atoms with E-state index in [9.17, 15) is 0 Å². The molecule has 13 heavy (non-hydrogen) atoms. The molecule has 0 aliphatic carbocycles. The summed E-state index contributed by atoms with van der Waals surface area (Å²) in [5.41, 5.74) is 0.219. The molecular weight excluding hydrogens is 184 g/mol. The second-order valence-electron chi connectivity index (χ2n) is 3.84. The van der Waals surface area contributed by atoms with Gasteiger partial charge >= 0.3 is 0 Å². The topological polar surface area (TPSA) is 33.3 Å². The predicted octanol–water partition coefficient (Wildman–Crippen LogP) is 1.14. The zero-order chi connectivity index (χ0) is 10.3. The van der Waals surface area contributed by atoms with Crippen molar-refractivity contribution in [3.63, 3.8) is 0 Å². The van der Waals surface area contributed by atoms with Crippen molar-refractivity contribution in [1.29, 1.82) is 0 Å². The first kappa shape index (κ1) is 12.7. The molecule has 0 aliphatic heterocycles. The van der Waals surface area contributed by atoms with Crippen LogP contribution in [-0.2, 0) is 4.74 Å². The van der Waals surface area contributed by atoms with E-state index in [1.807, 2.05) is 7.05 Å². The molecule has 0 heterocycles. The van der Waals surface area contributed by atoms with E-state index < -0.39 is 0 Å². The minimum absolute atomic E-state index is 0.219. The fraction of sp³-hybridized carbons (Fsp3) is 0.889. The smallest absolute Gasteiger partial charge is 0.166 e. The van der Waals surface area contributed by atoms with Gasteiger partial charge in [-0.25, -0.2) is 0 Å². The van der Waals surface area contributed by atoms with Gasteiger partial charge in [-0.15, -0.1) is 0 Å². The average molecular weight is 204 g/mol. The highest BCUT2D eigenvalue weighted by Crippen LogP contribution is 2.18. The van der Waals surface area contributed by atoms with Crippen molar-refractivity contribution in [1.82, 2.24) is 10.6 Å². The molecule has 0 atom stereocenters. The molecule has 0 fully saturated rings. The summed E-state index contributed by atoms with van der Waals surface area (Å²) in [5.74, 6) is 0. The number of nitrogens with one attached hydrogen (secondary N) is 2. The number of hydrogen-bond acceptors (Lipinski definition) is 2. The van der Waals surface area contributed by atoms with Gasteiger partial charge in [0.25, 0.3) is 0 Å². The lowest BCUT2D eigenvalue weighted by atomic mass is 9.90. The molecule has 0 amide bonds. The van der Waals surface area contributed by atoms with E-state index in [1.54, 1.807) is 7.11 Å². The lowest BCUT2D eigenvalue weighted by Gasteiger charge is -2.25. The number of methoxy groups -OCH3 is 1.